The van der Waals surface area contributed by atoms with Crippen LogP contribution in [0.4, 0.5) is 4.39 Å². The summed E-state index contributed by atoms with van der Waals surface area (Å²) in [6.07, 6.45) is 4.99. The fourth-order valence-electron chi connectivity index (χ4n) is 3.80. The fourth-order valence-corrected chi connectivity index (χ4v) is 5.11. The normalized spacial score (nSPS) is 20.0. The van der Waals surface area contributed by atoms with Crippen molar-refractivity contribution in [3.63, 3.8) is 0 Å². The van der Waals surface area contributed by atoms with Crippen LogP contribution in [0, 0.1) is 11.7 Å². The standard InChI is InChI=1S/C19H28FN3O3S/c20-16-2-4-18(5-3-16)27(25,26)22-17-9-13-23(14-10-17)19(24)6-1-15-7-11-21-12-8-15/h2-5,15,17,21-22H,1,6-14H2. The highest BCUT2D eigenvalue weighted by Gasteiger charge is 2.27. The van der Waals surface area contributed by atoms with Crippen LogP contribution in [0.5, 0.6) is 0 Å². The summed E-state index contributed by atoms with van der Waals surface area (Å²) in [5.74, 6) is 0.342. The van der Waals surface area contributed by atoms with E-state index < -0.39 is 15.8 Å². The van der Waals surface area contributed by atoms with Crippen LogP contribution < -0.4 is 10.0 Å². The Morgan fingerprint density at radius 3 is 2.37 bits per heavy atom. The van der Waals surface area contributed by atoms with Gasteiger partial charge >= 0.3 is 0 Å². The second-order valence-corrected chi connectivity index (χ2v) is 9.18. The number of halogens is 1. The van der Waals surface area contributed by atoms with E-state index in [1.54, 1.807) is 0 Å². The lowest BCUT2D eigenvalue weighted by Gasteiger charge is -2.33. The molecule has 6 nitrogen and oxygen atoms in total. The molecule has 0 unspecified atom stereocenters. The number of amides is 1. The number of hydrogen-bond donors (Lipinski definition) is 2. The first-order chi connectivity index (χ1) is 12.9. The number of benzene rings is 1. The number of rotatable bonds is 6. The van der Waals surface area contributed by atoms with Crippen LogP contribution in [0.3, 0.4) is 0 Å². The number of likely N-dealkylation sites (tertiary alicyclic amines) is 1. The van der Waals surface area contributed by atoms with E-state index in [1.165, 1.54) is 12.1 Å². The first-order valence-electron chi connectivity index (χ1n) is 9.70. The lowest BCUT2D eigenvalue weighted by atomic mass is 9.93. The highest BCUT2D eigenvalue weighted by atomic mass is 32.2. The largest absolute Gasteiger partial charge is 0.343 e. The molecule has 2 heterocycles. The number of nitrogens with one attached hydrogen (secondary N) is 2. The molecule has 0 aliphatic carbocycles. The average molecular weight is 398 g/mol. The molecule has 0 radical (unpaired) electrons. The molecule has 3 rings (SSSR count). The van der Waals surface area contributed by atoms with Gasteiger partial charge in [0.1, 0.15) is 5.82 Å². The molecule has 2 aliphatic heterocycles. The Morgan fingerprint density at radius 1 is 1.11 bits per heavy atom. The Bertz CT molecular complexity index is 725. The van der Waals surface area contributed by atoms with E-state index in [2.05, 4.69) is 10.0 Å². The number of nitrogens with zero attached hydrogens (tertiary/aromatic N) is 1. The van der Waals surface area contributed by atoms with Crippen LogP contribution >= 0.6 is 0 Å². The Hall–Kier alpha value is -1.51. The highest BCUT2D eigenvalue weighted by Crippen LogP contribution is 2.20. The van der Waals surface area contributed by atoms with E-state index in [4.69, 9.17) is 0 Å². The third-order valence-corrected chi connectivity index (χ3v) is 7.05. The summed E-state index contributed by atoms with van der Waals surface area (Å²) < 4.78 is 40.4. The van der Waals surface area contributed by atoms with Gasteiger partial charge in [0.25, 0.3) is 0 Å². The van der Waals surface area contributed by atoms with Crippen molar-refractivity contribution in [3.05, 3.63) is 30.1 Å². The van der Waals surface area contributed by atoms with Gasteiger partial charge in [-0.3, -0.25) is 4.79 Å². The molecular formula is C19H28FN3O3S. The second kappa shape index (κ2) is 9.12. The quantitative estimate of drug-likeness (QED) is 0.768. The molecule has 0 spiro atoms. The molecule has 150 valence electrons. The molecule has 2 N–H and O–H groups in total. The number of hydrogen-bond acceptors (Lipinski definition) is 4. The maximum atomic E-state index is 13.0. The third kappa shape index (κ3) is 5.73. The molecule has 1 aromatic carbocycles. The van der Waals surface area contributed by atoms with Crippen LogP contribution in [-0.2, 0) is 14.8 Å². The van der Waals surface area contributed by atoms with Crippen LogP contribution in [0.25, 0.3) is 0 Å². The minimum absolute atomic E-state index is 0.0596. The van der Waals surface area contributed by atoms with Crippen molar-refractivity contribution in [3.8, 4) is 0 Å². The van der Waals surface area contributed by atoms with Crippen molar-refractivity contribution >= 4 is 15.9 Å². The molecular weight excluding hydrogens is 369 g/mol. The van der Waals surface area contributed by atoms with Gasteiger partial charge in [0.15, 0.2) is 0 Å². The maximum absolute atomic E-state index is 13.0. The van der Waals surface area contributed by atoms with Crippen molar-refractivity contribution in [1.29, 1.82) is 0 Å². The average Bonchev–Trinajstić information content (AvgIpc) is 2.67. The van der Waals surface area contributed by atoms with Crippen LogP contribution in [0.15, 0.2) is 29.2 Å². The summed E-state index contributed by atoms with van der Waals surface area (Å²) in [7, 11) is -3.67. The molecule has 0 atom stereocenters. The van der Waals surface area contributed by atoms with Gasteiger partial charge in [-0.1, -0.05) is 0 Å². The van der Waals surface area contributed by atoms with E-state index in [0.717, 1.165) is 44.5 Å². The van der Waals surface area contributed by atoms with Crippen LogP contribution in [0.2, 0.25) is 0 Å². The van der Waals surface area contributed by atoms with Gasteiger partial charge in [0.05, 0.1) is 4.90 Å². The number of piperidine rings is 2. The van der Waals surface area contributed by atoms with E-state index in [9.17, 15) is 17.6 Å². The van der Waals surface area contributed by atoms with Gasteiger partial charge in [0, 0.05) is 25.6 Å². The first kappa shape index (κ1) is 20.2. The van der Waals surface area contributed by atoms with Crippen molar-refractivity contribution in [1.82, 2.24) is 14.9 Å². The number of carbonyl (C=O) groups excluding carboxylic acids is 1. The van der Waals surface area contributed by atoms with Crippen molar-refractivity contribution < 1.29 is 17.6 Å². The predicted molar refractivity (Wildman–Crippen MR) is 101 cm³/mol. The summed E-state index contributed by atoms with van der Waals surface area (Å²) in [4.78, 5) is 14.3. The highest BCUT2D eigenvalue weighted by molar-refractivity contribution is 7.89. The van der Waals surface area contributed by atoms with E-state index in [0.29, 0.717) is 38.3 Å². The van der Waals surface area contributed by atoms with Crippen LogP contribution in [0.1, 0.15) is 38.5 Å². The molecule has 2 fully saturated rings. The SMILES string of the molecule is O=C(CCC1CCNCC1)N1CCC(NS(=O)(=O)c2ccc(F)cc2)CC1. The molecule has 27 heavy (non-hydrogen) atoms. The molecule has 2 saturated heterocycles. The molecule has 1 aromatic rings. The van der Waals surface area contributed by atoms with Crippen molar-refractivity contribution in [2.45, 2.75) is 49.5 Å². The van der Waals surface area contributed by atoms with Gasteiger partial charge in [-0.05, 0) is 75.4 Å². The molecule has 8 heteroatoms. The monoisotopic (exact) mass is 397 g/mol. The van der Waals surface area contributed by atoms with Crippen molar-refractivity contribution in [2.75, 3.05) is 26.2 Å². The Kier molecular flexibility index (Phi) is 6.83. The topological polar surface area (TPSA) is 78.5 Å². The lowest BCUT2D eigenvalue weighted by molar-refractivity contribution is -0.132. The molecule has 1 amide bonds. The zero-order valence-corrected chi connectivity index (χ0v) is 16.3. The maximum Gasteiger partial charge on any atom is 0.240 e. The van der Waals surface area contributed by atoms with E-state index >= 15 is 0 Å². The molecule has 0 bridgehead atoms. The van der Waals surface area contributed by atoms with Gasteiger partial charge in [-0.25, -0.2) is 17.5 Å². The minimum atomic E-state index is -3.67. The number of sulfonamides is 1. The third-order valence-electron chi connectivity index (χ3n) is 5.52. The fraction of sp³-hybridized carbons (Fsp3) is 0.632. The Labute approximate surface area is 160 Å². The lowest BCUT2D eigenvalue weighted by Crippen LogP contribution is -2.46. The van der Waals surface area contributed by atoms with E-state index in [1.807, 2.05) is 4.90 Å². The van der Waals surface area contributed by atoms with E-state index in [-0.39, 0.29) is 16.8 Å². The van der Waals surface area contributed by atoms with Crippen molar-refractivity contribution in [2.24, 2.45) is 5.92 Å². The van der Waals surface area contributed by atoms with Crippen LogP contribution in [-0.4, -0.2) is 51.4 Å². The Balaban J connectivity index is 1.44. The first-order valence-corrected chi connectivity index (χ1v) is 11.2. The summed E-state index contributed by atoms with van der Waals surface area (Å²) in [5, 5.41) is 3.33. The van der Waals surface area contributed by atoms with Gasteiger partial charge in [-0.2, -0.15) is 0 Å². The minimum Gasteiger partial charge on any atom is -0.343 e. The molecule has 0 saturated carbocycles. The summed E-state index contributed by atoms with van der Waals surface area (Å²) in [6, 6.07) is 4.60. The smallest absolute Gasteiger partial charge is 0.240 e. The second-order valence-electron chi connectivity index (χ2n) is 7.46. The Morgan fingerprint density at radius 2 is 1.74 bits per heavy atom. The molecule has 0 aromatic heterocycles. The van der Waals surface area contributed by atoms with Gasteiger partial charge in [0.2, 0.25) is 15.9 Å². The summed E-state index contributed by atoms with van der Waals surface area (Å²) in [6.45, 7) is 3.22. The van der Waals surface area contributed by atoms with Gasteiger partial charge < -0.3 is 10.2 Å². The zero-order chi connectivity index (χ0) is 19.3. The predicted octanol–water partition coefficient (Wildman–Crippen LogP) is 1.87. The number of carbonyl (C=O) groups is 1. The molecule has 2 aliphatic rings. The summed E-state index contributed by atoms with van der Waals surface area (Å²) in [5.41, 5.74) is 0. The zero-order valence-electron chi connectivity index (χ0n) is 15.5. The summed E-state index contributed by atoms with van der Waals surface area (Å²) >= 11 is 0. The van der Waals surface area contributed by atoms with Gasteiger partial charge in [-0.15, -0.1) is 0 Å².